The highest BCUT2D eigenvalue weighted by Crippen LogP contribution is 2.41. The summed E-state index contributed by atoms with van der Waals surface area (Å²) in [5.41, 5.74) is 8.54. The minimum absolute atomic E-state index is 0.0818. The highest BCUT2D eigenvalue weighted by Gasteiger charge is 2.32. The van der Waals surface area contributed by atoms with Gasteiger partial charge in [-0.1, -0.05) is 38.1 Å². The van der Waals surface area contributed by atoms with E-state index in [1.807, 2.05) is 6.92 Å². The third kappa shape index (κ3) is 3.40. The zero-order chi connectivity index (χ0) is 14.8. The van der Waals surface area contributed by atoms with Crippen LogP contribution in [-0.2, 0) is 10.2 Å². The van der Waals surface area contributed by atoms with Crippen LogP contribution in [0.1, 0.15) is 63.6 Å². The van der Waals surface area contributed by atoms with E-state index in [0.29, 0.717) is 6.42 Å². The number of amides is 1. The number of hydrogen-bond donors (Lipinski definition) is 2. The summed E-state index contributed by atoms with van der Waals surface area (Å²) in [5.74, 6) is 0.113. The van der Waals surface area contributed by atoms with Crippen molar-refractivity contribution in [3.05, 3.63) is 35.4 Å². The number of benzene rings is 1. The lowest BCUT2D eigenvalue weighted by Gasteiger charge is -2.37. The fourth-order valence-electron chi connectivity index (χ4n) is 2.99. The molecule has 0 bridgehead atoms. The van der Waals surface area contributed by atoms with Crippen molar-refractivity contribution in [2.45, 2.75) is 64.0 Å². The number of nitrogens with one attached hydrogen (secondary N) is 1. The summed E-state index contributed by atoms with van der Waals surface area (Å²) in [5, 5.41) is 3.17. The first-order valence-corrected chi connectivity index (χ1v) is 7.54. The SMILES string of the molecule is CC(N)CCC(=O)NC1CCC(C)(C)c2ccccc21. The molecule has 1 amide bonds. The van der Waals surface area contributed by atoms with Gasteiger partial charge < -0.3 is 11.1 Å². The molecule has 2 unspecified atom stereocenters. The second kappa shape index (κ2) is 5.96. The van der Waals surface area contributed by atoms with Crippen molar-refractivity contribution in [2.24, 2.45) is 5.73 Å². The van der Waals surface area contributed by atoms with Crippen LogP contribution in [0.3, 0.4) is 0 Å². The summed E-state index contributed by atoms with van der Waals surface area (Å²) in [6.45, 7) is 6.49. The molecule has 0 saturated carbocycles. The summed E-state index contributed by atoms with van der Waals surface area (Å²) < 4.78 is 0. The van der Waals surface area contributed by atoms with E-state index in [1.165, 1.54) is 11.1 Å². The van der Waals surface area contributed by atoms with Crippen LogP contribution in [0, 0.1) is 0 Å². The standard InChI is InChI=1S/C17H26N2O/c1-12(18)8-9-16(20)19-15-10-11-17(2,3)14-7-5-4-6-13(14)15/h4-7,12,15H,8-11,18H2,1-3H3,(H,19,20). The van der Waals surface area contributed by atoms with Gasteiger partial charge in [0.15, 0.2) is 0 Å². The summed E-state index contributed by atoms with van der Waals surface area (Å²) in [7, 11) is 0. The van der Waals surface area contributed by atoms with E-state index in [-0.39, 0.29) is 23.4 Å². The molecular formula is C17H26N2O. The fourth-order valence-corrected chi connectivity index (χ4v) is 2.99. The van der Waals surface area contributed by atoms with Gasteiger partial charge in [-0.25, -0.2) is 0 Å². The smallest absolute Gasteiger partial charge is 0.220 e. The van der Waals surface area contributed by atoms with Gasteiger partial charge in [0.25, 0.3) is 0 Å². The van der Waals surface area contributed by atoms with Crippen molar-refractivity contribution >= 4 is 5.91 Å². The Kier molecular flexibility index (Phi) is 4.48. The molecule has 3 N–H and O–H groups in total. The average Bonchev–Trinajstić information content (AvgIpc) is 2.40. The molecule has 1 aliphatic rings. The molecule has 0 fully saturated rings. The van der Waals surface area contributed by atoms with Gasteiger partial charge in [-0.2, -0.15) is 0 Å². The Hall–Kier alpha value is -1.35. The largest absolute Gasteiger partial charge is 0.349 e. The molecule has 0 radical (unpaired) electrons. The van der Waals surface area contributed by atoms with Gasteiger partial charge in [-0.15, -0.1) is 0 Å². The summed E-state index contributed by atoms with van der Waals surface area (Å²) >= 11 is 0. The summed E-state index contributed by atoms with van der Waals surface area (Å²) in [4.78, 5) is 12.0. The van der Waals surface area contributed by atoms with E-state index in [4.69, 9.17) is 5.73 Å². The predicted molar refractivity (Wildman–Crippen MR) is 82.5 cm³/mol. The molecule has 0 aliphatic heterocycles. The highest BCUT2D eigenvalue weighted by molar-refractivity contribution is 5.76. The first kappa shape index (κ1) is 15.0. The molecule has 0 spiro atoms. The Morgan fingerprint density at radius 1 is 1.45 bits per heavy atom. The Morgan fingerprint density at radius 3 is 2.85 bits per heavy atom. The number of fused-ring (bicyclic) bond motifs is 1. The predicted octanol–water partition coefficient (Wildman–Crippen LogP) is 3.04. The van der Waals surface area contributed by atoms with E-state index in [2.05, 4.69) is 43.4 Å². The van der Waals surface area contributed by atoms with Crippen molar-refractivity contribution in [3.63, 3.8) is 0 Å². The highest BCUT2D eigenvalue weighted by atomic mass is 16.1. The maximum atomic E-state index is 12.0. The van der Waals surface area contributed by atoms with Crippen molar-refractivity contribution in [2.75, 3.05) is 0 Å². The Balaban J connectivity index is 2.09. The fraction of sp³-hybridized carbons (Fsp3) is 0.588. The lowest BCUT2D eigenvalue weighted by Crippen LogP contribution is -2.36. The van der Waals surface area contributed by atoms with E-state index >= 15 is 0 Å². The van der Waals surface area contributed by atoms with Gasteiger partial charge in [0, 0.05) is 12.5 Å². The van der Waals surface area contributed by atoms with Crippen LogP contribution in [0.25, 0.3) is 0 Å². The Morgan fingerprint density at radius 2 is 2.15 bits per heavy atom. The molecule has 0 aromatic heterocycles. The van der Waals surface area contributed by atoms with Crippen LogP contribution >= 0.6 is 0 Å². The third-order valence-electron chi connectivity index (χ3n) is 4.29. The van der Waals surface area contributed by atoms with Gasteiger partial charge >= 0.3 is 0 Å². The zero-order valence-corrected chi connectivity index (χ0v) is 12.8. The average molecular weight is 274 g/mol. The molecule has 2 atom stereocenters. The number of hydrogen-bond acceptors (Lipinski definition) is 2. The lowest BCUT2D eigenvalue weighted by atomic mass is 9.71. The van der Waals surface area contributed by atoms with Crippen LogP contribution in [0.15, 0.2) is 24.3 Å². The van der Waals surface area contributed by atoms with Gasteiger partial charge in [0.2, 0.25) is 5.91 Å². The minimum atomic E-state index is 0.0818. The number of carbonyl (C=O) groups excluding carboxylic acids is 1. The molecular weight excluding hydrogens is 248 g/mol. The van der Waals surface area contributed by atoms with E-state index in [1.54, 1.807) is 0 Å². The Bertz CT molecular complexity index is 480. The number of carbonyl (C=O) groups is 1. The monoisotopic (exact) mass is 274 g/mol. The first-order valence-electron chi connectivity index (χ1n) is 7.54. The van der Waals surface area contributed by atoms with E-state index in [0.717, 1.165) is 19.3 Å². The van der Waals surface area contributed by atoms with Crippen LogP contribution in [0.5, 0.6) is 0 Å². The van der Waals surface area contributed by atoms with Crippen molar-refractivity contribution < 1.29 is 4.79 Å². The number of rotatable bonds is 4. The quantitative estimate of drug-likeness (QED) is 0.886. The van der Waals surface area contributed by atoms with Crippen LogP contribution < -0.4 is 11.1 Å². The minimum Gasteiger partial charge on any atom is -0.349 e. The van der Waals surface area contributed by atoms with Gasteiger partial charge in [-0.05, 0) is 42.7 Å². The molecule has 1 aromatic rings. The number of nitrogens with two attached hydrogens (primary N) is 1. The molecule has 20 heavy (non-hydrogen) atoms. The van der Waals surface area contributed by atoms with Gasteiger partial charge in [-0.3, -0.25) is 4.79 Å². The zero-order valence-electron chi connectivity index (χ0n) is 12.8. The molecule has 0 heterocycles. The second-order valence-electron chi connectivity index (χ2n) is 6.65. The molecule has 0 saturated heterocycles. The van der Waals surface area contributed by atoms with Gasteiger partial charge in [0.1, 0.15) is 0 Å². The van der Waals surface area contributed by atoms with Crippen LogP contribution in [-0.4, -0.2) is 11.9 Å². The summed E-state index contributed by atoms with van der Waals surface area (Å²) in [6.07, 6.45) is 3.36. The topological polar surface area (TPSA) is 55.1 Å². The second-order valence-corrected chi connectivity index (χ2v) is 6.65. The maximum Gasteiger partial charge on any atom is 0.220 e. The van der Waals surface area contributed by atoms with Crippen molar-refractivity contribution in [1.82, 2.24) is 5.32 Å². The van der Waals surface area contributed by atoms with Crippen LogP contribution in [0.4, 0.5) is 0 Å². The molecule has 3 nitrogen and oxygen atoms in total. The Labute approximate surface area is 121 Å². The van der Waals surface area contributed by atoms with E-state index < -0.39 is 0 Å². The molecule has 1 aliphatic carbocycles. The van der Waals surface area contributed by atoms with Crippen LogP contribution in [0.2, 0.25) is 0 Å². The van der Waals surface area contributed by atoms with Gasteiger partial charge in [0.05, 0.1) is 6.04 Å². The summed E-state index contributed by atoms with van der Waals surface area (Å²) in [6, 6.07) is 8.71. The maximum absolute atomic E-state index is 12.0. The lowest BCUT2D eigenvalue weighted by molar-refractivity contribution is -0.122. The molecule has 3 heteroatoms. The van der Waals surface area contributed by atoms with Crippen molar-refractivity contribution in [3.8, 4) is 0 Å². The third-order valence-corrected chi connectivity index (χ3v) is 4.29. The van der Waals surface area contributed by atoms with Crippen molar-refractivity contribution in [1.29, 1.82) is 0 Å². The normalized spacial score (nSPS) is 21.9. The molecule has 110 valence electrons. The van der Waals surface area contributed by atoms with E-state index in [9.17, 15) is 4.79 Å². The molecule has 2 rings (SSSR count). The first-order chi connectivity index (χ1) is 9.40. The molecule has 1 aromatic carbocycles.